The van der Waals surface area contributed by atoms with Crippen LogP contribution in [0, 0.1) is 0 Å². The van der Waals surface area contributed by atoms with Gasteiger partial charge in [-0.3, -0.25) is 4.79 Å². The maximum absolute atomic E-state index is 10.9. The number of hydrogen-bond acceptors (Lipinski definition) is 3. The summed E-state index contributed by atoms with van der Waals surface area (Å²) in [5.74, 6) is -0.177. The van der Waals surface area contributed by atoms with Gasteiger partial charge in [0.2, 0.25) is 0 Å². The normalized spacial score (nSPS) is 10.1. The van der Waals surface area contributed by atoms with Crippen LogP contribution in [-0.2, 0) is 22.4 Å². The predicted molar refractivity (Wildman–Crippen MR) is 62.2 cm³/mol. The molecular weight excluding hydrogens is 204 g/mol. The molecule has 0 fully saturated rings. The van der Waals surface area contributed by atoms with Gasteiger partial charge < -0.3 is 9.84 Å². The van der Waals surface area contributed by atoms with Crippen LogP contribution in [0.5, 0.6) is 0 Å². The zero-order chi connectivity index (χ0) is 11.8. The SMILES string of the molecule is COC(=O)CCc1ccc(CCCO)cc1. The highest BCUT2D eigenvalue weighted by Crippen LogP contribution is 2.08. The first kappa shape index (κ1) is 12.7. The van der Waals surface area contributed by atoms with Gasteiger partial charge in [0.25, 0.3) is 0 Å². The molecule has 88 valence electrons. The minimum Gasteiger partial charge on any atom is -0.469 e. The van der Waals surface area contributed by atoms with Crippen molar-refractivity contribution in [1.82, 2.24) is 0 Å². The molecule has 0 aliphatic rings. The molecule has 1 N–H and O–H groups in total. The molecular formula is C13H18O3. The molecule has 0 radical (unpaired) electrons. The van der Waals surface area contributed by atoms with Crippen LogP contribution in [0.3, 0.4) is 0 Å². The van der Waals surface area contributed by atoms with E-state index in [9.17, 15) is 4.79 Å². The summed E-state index contributed by atoms with van der Waals surface area (Å²) in [5.41, 5.74) is 2.36. The molecule has 3 heteroatoms. The number of rotatable bonds is 6. The Morgan fingerprint density at radius 1 is 1.19 bits per heavy atom. The van der Waals surface area contributed by atoms with Gasteiger partial charge in [-0.25, -0.2) is 0 Å². The van der Waals surface area contributed by atoms with Crippen LogP contribution >= 0.6 is 0 Å². The average Bonchev–Trinajstić information content (AvgIpc) is 2.34. The van der Waals surface area contributed by atoms with Gasteiger partial charge in [-0.05, 0) is 30.4 Å². The van der Waals surface area contributed by atoms with Crippen LogP contribution in [-0.4, -0.2) is 24.8 Å². The third kappa shape index (κ3) is 4.45. The Balaban J connectivity index is 2.41. The molecule has 0 heterocycles. The highest BCUT2D eigenvalue weighted by Gasteiger charge is 2.01. The van der Waals surface area contributed by atoms with E-state index in [-0.39, 0.29) is 12.6 Å². The molecule has 3 nitrogen and oxygen atoms in total. The fraction of sp³-hybridized carbons (Fsp3) is 0.462. The van der Waals surface area contributed by atoms with Crippen molar-refractivity contribution in [3.8, 4) is 0 Å². The molecule has 1 aromatic rings. The maximum Gasteiger partial charge on any atom is 0.305 e. The summed E-state index contributed by atoms with van der Waals surface area (Å²) in [6.07, 6.45) is 2.83. The minimum absolute atomic E-state index is 0.177. The quantitative estimate of drug-likeness (QED) is 0.745. The number of aliphatic hydroxyl groups excluding tert-OH is 1. The lowest BCUT2D eigenvalue weighted by molar-refractivity contribution is -0.140. The van der Waals surface area contributed by atoms with E-state index in [1.807, 2.05) is 24.3 Å². The number of methoxy groups -OCH3 is 1. The number of esters is 1. The second kappa shape index (κ2) is 7.01. The molecule has 0 unspecified atom stereocenters. The van der Waals surface area contributed by atoms with Gasteiger partial charge in [0.15, 0.2) is 0 Å². The van der Waals surface area contributed by atoms with E-state index in [0.717, 1.165) is 18.4 Å². The third-order valence-corrected chi connectivity index (χ3v) is 2.49. The molecule has 0 atom stereocenters. The monoisotopic (exact) mass is 222 g/mol. The van der Waals surface area contributed by atoms with Crippen molar-refractivity contribution in [1.29, 1.82) is 0 Å². The molecule has 16 heavy (non-hydrogen) atoms. The van der Waals surface area contributed by atoms with Crippen molar-refractivity contribution < 1.29 is 14.6 Å². The van der Waals surface area contributed by atoms with Crippen LogP contribution in [0.25, 0.3) is 0 Å². The zero-order valence-corrected chi connectivity index (χ0v) is 9.61. The number of hydrogen-bond donors (Lipinski definition) is 1. The van der Waals surface area contributed by atoms with Crippen molar-refractivity contribution in [2.45, 2.75) is 25.7 Å². The number of carbonyl (C=O) groups excluding carboxylic acids is 1. The van der Waals surface area contributed by atoms with Gasteiger partial charge in [-0.15, -0.1) is 0 Å². The smallest absolute Gasteiger partial charge is 0.305 e. The standard InChI is InChI=1S/C13H18O3/c1-16-13(15)9-8-12-6-4-11(5-7-12)3-2-10-14/h4-7,14H,2-3,8-10H2,1H3. The van der Waals surface area contributed by atoms with Crippen molar-refractivity contribution in [3.63, 3.8) is 0 Å². The second-order valence-electron chi connectivity index (χ2n) is 3.72. The van der Waals surface area contributed by atoms with Gasteiger partial charge in [0, 0.05) is 13.0 Å². The lowest BCUT2D eigenvalue weighted by atomic mass is 10.0. The van der Waals surface area contributed by atoms with E-state index in [1.165, 1.54) is 12.7 Å². The largest absolute Gasteiger partial charge is 0.469 e. The van der Waals surface area contributed by atoms with Gasteiger partial charge >= 0.3 is 5.97 Å². The highest BCUT2D eigenvalue weighted by atomic mass is 16.5. The molecule has 0 amide bonds. The molecule has 0 aliphatic heterocycles. The first-order valence-corrected chi connectivity index (χ1v) is 5.51. The van der Waals surface area contributed by atoms with E-state index < -0.39 is 0 Å². The van der Waals surface area contributed by atoms with Crippen molar-refractivity contribution in [2.75, 3.05) is 13.7 Å². The Bertz CT molecular complexity index is 316. The van der Waals surface area contributed by atoms with Gasteiger partial charge in [0.05, 0.1) is 7.11 Å². The van der Waals surface area contributed by atoms with E-state index in [4.69, 9.17) is 5.11 Å². The first-order chi connectivity index (χ1) is 7.76. The summed E-state index contributed by atoms with van der Waals surface area (Å²) >= 11 is 0. The van der Waals surface area contributed by atoms with Crippen LogP contribution in [0.1, 0.15) is 24.0 Å². The zero-order valence-electron chi connectivity index (χ0n) is 9.61. The van der Waals surface area contributed by atoms with Crippen LogP contribution in [0.2, 0.25) is 0 Å². The van der Waals surface area contributed by atoms with E-state index in [1.54, 1.807) is 0 Å². The van der Waals surface area contributed by atoms with E-state index in [0.29, 0.717) is 12.8 Å². The summed E-state index contributed by atoms with van der Waals surface area (Å²) in [7, 11) is 1.40. The number of aliphatic hydroxyl groups is 1. The Labute approximate surface area is 96.1 Å². The predicted octanol–water partition coefficient (Wildman–Crippen LogP) is 1.72. The summed E-state index contributed by atoms with van der Waals surface area (Å²) < 4.78 is 4.58. The van der Waals surface area contributed by atoms with Gasteiger partial charge in [-0.1, -0.05) is 24.3 Å². The lowest BCUT2D eigenvalue weighted by Gasteiger charge is -2.03. The van der Waals surface area contributed by atoms with Crippen molar-refractivity contribution in [2.24, 2.45) is 0 Å². The van der Waals surface area contributed by atoms with E-state index in [2.05, 4.69) is 4.74 Å². The molecule has 0 saturated carbocycles. The van der Waals surface area contributed by atoms with Crippen LogP contribution in [0.4, 0.5) is 0 Å². The summed E-state index contributed by atoms with van der Waals surface area (Å²) in [6, 6.07) is 8.13. The fourth-order valence-corrected chi connectivity index (χ4v) is 1.50. The summed E-state index contributed by atoms with van der Waals surface area (Å²) in [5, 5.41) is 8.70. The Morgan fingerprint density at radius 2 is 1.75 bits per heavy atom. The third-order valence-electron chi connectivity index (χ3n) is 2.49. The number of benzene rings is 1. The molecule has 0 bridgehead atoms. The number of carbonyl (C=O) groups is 1. The summed E-state index contributed by atoms with van der Waals surface area (Å²) in [4.78, 5) is 10.9. The summed E-state index contributed by atoms with van der Waals surface area (Å²) in [6.45, 7) is 0.226. The lowest BCUT2D eigenvalue weighted by Crippen LogP contribution is -2.01. The molecule has 0 spiro atoms. The maximum atomic E-state index is 10.9. The molecule has 0 aliphatic carbocycles. The van der Waals surface area contributed by atoms with Crippen molar-refractivity contribution in [3.05, 3.63) is 35.4 Å². The second-order valence-corrected chi connectivity index (χ2v) is 3.72. The van der Waals surface area contributed by atoms with Crippen molar-refractivity contribution >= 4 is 5.97 Å². The minimum atomic E-state index is -0.177. The van der Waals surface area contributed by atoms with Gasteiger partial charge in [-0.2, -0.15) is 0 Å². The Hall–Kier alpha value is -1.35. The molecule has 1 aromatic carbocycles. The molecule has 1 rings (SSSR count). The van der Waals surface area contributed by atoms with Crippen LogP contribution < -0.4 is 0 Å². The Morgan fingerprint density at radius 3 is 2.25 bits per heavy atom. The van der Waals surface area contributed by atoms with E-state index >= 15 is 0 Å². The average molecular weight is 222 g/mol. The highest BCUT2D eigenvalue weighted by molar-refractivity contribution is 5.69. The van der Waals surface area contributed by atoms with Crippen LogP contribution in [0.15, 0.2) is 24.3 Å². The topological polar surface area (TPSA) is 46.5 Å². The fourth-order valence-electron chi connectivity index (χ4n) is 1.50. The number of ether oxygens (including phenoxy) is 1. The number of aryl methyl sites for hydroxylation is 2. The molecule has 0 aromatic heterocycles. The first-order valence-electron chi connectivity index (χ1n) is 5.51. The molecule has 0 saturated heterocycles. The Kier molecular flexibility index (Phi) is 5.57. The van der Waals surface area contributed by atoms with Gasteiger partial charge in [0.1, 0.15) is 0 Å².